The third-order valence-corrected chi connectivity index (χ3v) is 5.49. The number of hydrogen-bond acceptors (Lipinski definition) is 6. The van der Waals surface area contributed by atoms with Gasteiger partial charge >= 0.3 is 0 Å². The third-order valence-electron chi connectivity index (χ3n) is 5.49. The normalized spacial score (nSPS) is 15.1. The van der Waals surface area contributed by atoms with Crippen molar-refractivity contribution in [3.63, 3.8) is 0 Å². The number of aromatic nitrogens is 4. The van der Waals surface area contributed by atoms with Crippen molar-refractivity contribution in [2.24, 2.45) is 11.1 Å². The Kier molecular flexibility index (Phi) is 4.79. The Morgan fingerprint density at radius 1 is 1.26 bits per heavy atom. The van der Waals surface area contributed by atoms with Crippen LogP contribution in [0.5, 0.6) is 5.75 Å². The highest BCUT2D eigenvalue weighted by molar-refractivity contribution is 6.01. The van der Waals surface area contributed by atoms with Crippen molar-refractivity contribution in [1.29, 1.82) is 0 Å². The van der Waals surface area contributed by atoms with Crippen molar-refractivity contribution >= 4 is 22.8 Å². The molecule has 0 radical (unpaired) electrons. The van der Waals surface area contributed by atoms with Crippen molar-refractivity contribution < 1.29 is 14.7 Å². The van der Waals surface area contributed by atoms with Crippen LogP contribution in [-0.4, -0.2) is 54.2 Å². The maximum absolute atomic E-state index is 13.0. The van der Waals surface area contributed by atoms with Gasteiger partial charge in [0, 0.05) is 42.3 Å². The number of pyridine rings is 2. The molecule has 0 aromatic carbocycles. The van der Waals surface area contributed by atoms with Crippen molar-refractivity contribution in [3.8, 4) is 16.9 Å². The SMILES string of the molecule is CCn1cc(-c2c(O)cnc3c2cc(C(N)=O)c(=O)n3CC(=O)N2CC(C)(C)C2)cn1. The molecule has 4 heterocycles. The number of fused-ring (bicyclic) bond motifs is 1. The Morgan fingerprint density at radius 2 is 1.97 bits per heavy atom. The van der Waals surface area contributed by atoms with Crippen LogP contribution in [0.15, 0.2) is 29.5 Å². The molecule has 0 unspecified atom stereocenters. The molecule has 3 aromatic rings. The highest BCUT2D eigenvalue weighted by Crippen LogP contribution is 2.35. The van der Waals surface area contributed by atoms with Crippen LogP contribution in [0.2, 0.25) is 0 Å². The van der Waals surface area contributed by atoms with E-state index in [0.717, 1.165) is 4.57 Å². The van der Waals surface area contributed by atoms with E-state index in [1.165, 1.54) is 12.3 Å². The predicted octanol–water partition coefficient (Wildman–Crippen LogP) is 0.953. The van der Waals surface area contributed by atoms with Crippen molar-refractivity contribution in [3.05, 3.63) is 40.6 Å². The fourth-order valence-electron chi connectivity index (χ4n) is 4.00. The fraction of sp³-hybridized carbons (Fsp3) is 0.381. The molecule has 0 atom stereocenters. The Balaban J connectivity index is 1.90. The maximum atomic E-state index is 13.0. The molecular formula is C21H24N6O4. The van der Waals surface area contributed by atoms with Crippen LogP contribution in [0.4, 0.5) is 0 Å². The van der Waals surface area contributed by atoms with Gasteiger partial charge in [-0.05, 0) is 18.4 Å². The Bertz CT molecular complexity index is 1260. The van der Waals surface area contributed by atoms with Gasteiger partial charge in [-0.3, -0.25) is 23.6 Å². The molecule has 10 nitrogen and oxygen atoms in total. The Hall–Kier alpha value is -3.69. The second kappa shape index (κ2) is 7.22. The van der Waals surface area contributed by atoms with Gasteiger partial charge in [-0.15, -0.1) is 0 Å². The first-order valence-corrected chi connectivity index (χ1v) is 9.97. The van der Waals surface area contributed by atoms with Gasteiger partial charge in [0.15, 0.2) is 0 Å². The average molecular weight is 424 g/mol. The van der Waals surface area contributed by atoms with Crippen LogP contribution in [-0.2, 0) is 17.9 Å². The Labute approximate surface area is 177 Å². The van der Waals surface area contributed by atoms with Crippen LogP contribution in [0.1, 0.15) is 31.1 Å². The zero-order chi connectivity index (χ0) is 22.5. The summed E-state index contributed by atoms with van der Waals surface area (Å²) in [4.78, 5) is 43.6. The lowest BCUT2D eigenvalue weighted by molar-refractivity contribution is -0.142. The van der Waals surface area contributed by atoms with E-state index in [9.17, 15) is 19.5 Å². The number of nitrogens with zero attached hydrogens (tertiary/aromatic N) is 5. The maximum Gasteiger partial charge on any atom is 0.265 e. The molecule has 10 heteroatoms. The summed E-state index contributed by atoms with van der Waals surface area (Å²) in [6.07, 6.45) is 4.53. The second-order valence-corrected chi connectivity index (χ2v) is 8.57. The van der Waals surface area contributed by atoms with Gasteiger partial charge in [0.1, 0.15) is 23.5 Å². The quantitative estimate of drug-likeness (QED) is 0.626. The van der Waals surface area contributed by atoms with Crippen LogP contribution in [0.25, 0.3) is 22.2 Å². The zero-order valence-corrected chi connectivity index (χ0v) is 17.6. The van der Waals surface area contributed by atoms with E-state index >= 15 is 0 Å². The molecular weight excluding hydrogens is 400 g/mol. The largest absolute Gasteiger partial charge is 0.506 e. The summed E-state index contributed by atoms with van der Waals surface area (Å²) in [6.45, 7) is 7.55. The molecule has 31 heavy (non-hydrogen) atoms. The first-order chi connectivity index (χ1) is 14.6. The molecule has 3 aromatic heterocycles. The lowest BCUT2D eigenvalue weighted by Gasteiger charge is -2.45. The minimum absolute atomic E-state index is 0.0361. The smallest absolute Gasteiger partial charge is 0.265 e. The van der Waals surface area contributed by atoms with Gasteiger partial charge in [-0.1, -0.05) is 13.8 Å². The van der Waals surface area contributed by atoms with Crippen molar-refractivity contribution in [2.45, 2.75) is 33.9 Å². The summed E-state index contributed by atoms with van der Waals surface area (Å²) < 4.78 is 2.83. The number of aryl methyl sites for hydroxylation is 1. The second-order valence-electron chi connectivity index (χ2n) is 8.57. The monoisotopic (exact) mass is 424 g/mol. The number of carbonyl (C=O) groups is 2. The number of nitrogens with two attached hydrogens (primary N) is 1. The third kappa shape index (κ3) is 3.54. The van der Waals surface area contributed by atoms with Gasteiger partial charge in [0.25, 0.3) is 11.5 Å². The molecule has 0 spiro atoms. The molecule has 1 saturated heterocycles. The number of hydrogen-bond donors (Lipinski definition) is 2. The molecule has 1 aliphatic rings. The Morgan fingerprint density at radius 3 is 2.55 bits per heavy atom. The fourth-order valence-corrected chi connectivity index (χ4v) is 4.00. The van der Waals surface area contributed by atoms with Gasteiger partial charge in [-0.25, -0.2) is 4.98 Å². The molecule has 4 rings (SSSR count). The number of rotatable bonds is 5. The molecule has 0 bridgehead atoms. The molecule has 1 fully saturated rings. The number of carbonyl (C=O) groups excluding carboxylic acids is 2. The average Bonchev–Trinajstić information content (AvgIpc) is 3.16. The van der Waals surface area contributed by atoms with Gasteiger partial charge < -0.3 is 15.7 Å². The number of primary amides is 1. The van der Waals surface area contributed by atoms with Crippen molar-refractivity contribution in [2.75, 3.05) is 13.1 Å². The standard InChI is InChI=1S/C21H24N6O4/c1-4-26-8-12(6-24-26)17-13-5-14(18(22)30)20(31)27(19(13)23-7-15(17)28)9-16(29)25-10-21(2,3)11-25/h5-8,28H,4,9-11H2,1-3H3,(H2,22,30). The topological polar surface area (TPSA) is 136 Å². The van der Waals surface area contributed by atoms with E-state index in [4.69, 9.17) is 5.73 Å². The molecule has 3 N–H and O–H groups in total. The molecule has 0 saturated carbocycles. The van der Waals surface area contributed by atoms with E-state index in [1.807, 2.05) is 6.92 Å². The molecule has 2 amide bonds. The minimum atomic E-state index is -0.920. The molecule has 1 aliphatic heterocycles. The van der Waals surface area contributed by atoms with Crippen LogP contribution in [0, 0.1) is 5.41 Å². The number of aromatic hydroxyl groups is 1. The first-order valence-electron chi connectivity index (χ1n) is 9.97. The molecule has 162 valence electrons. The van der Waals surface area contributed by atoms with Crippen LogP contribution < -0.4 is 11.3 Å². The highest BCUT2D eigenvalue weighted by Gasteiger charge is 2.37. The van der Waals surface area contributed by atoms with Crippen LogP contribution in [0.3, 0.4) is 0 Å². The minimum Gasteiger partial charge on any atom is -0.506 e. The lowest BCUT2D eigenvalue weighted by atomic mass is 9.84. The number of likely N-dealkylation sites (tertiary alicyclic amines) is 1. The van der Waals surface area contributed by atoms with E-state index in [0.29, 0.717) is 36.1 Å². The van der Waals surface area contributed by atoms with E-state index in [-0.39, 0.29) is 34.8 Å². The summed E-state index contributed by atoms with van der Waals surface area (Å²) in [5.41, 5.74) is 5.64. The summed E-state index contributed by atoms with van der Waals surface area (Å²) in [6, 6.07) is 1.32. The van der Waals surface area contributed by atoms with Gasteiger partial charge in [0.2, 0.25) is 5.91 Å². The summed E-state index contributed by atoms with van der Waals surface area (Å²) in [5.74, 6) is -1.31. The van der Waals surface area contributed by atoms with Gasteiger partial charge in [-0.2, -0.15) is 5.10 Å². The van der Waals surface area contributed by atoms with Gasteiger partial charge in [0.05, 0.1) is 12.4 Å². The summed E-state index contributed by atoms with van der Waals surface area (Å²) in [7, 11) is 0. The van der Waals surface area contributed by atoms with E-state index in [2.05, 4.69) is 23.9 Å². The predicted molar refractivity (Wildman–Crippen MR) is 113 cm³/mol. The molecule has 0 aliphatic carbocycles. The highest BCUT2D eigenvalue weighted by atomic mass is 16.3. The van der Waals surface area contributed by atoms with E-state index < -0.39 is 11.5 Å². The summed E-state index contributed by atoms with van der Waals surface area (Å²) in [5, 5.41) is 15.1. The van der Waals surface area contributed by atoms with E-state index in [1.54, 1.807) is 22.0 Å². The lowest BCUT2D eigenvalue weighted by Crippen LogP contribution is -2.56. The first kappa shape index (κ1) is 20.6. The summed E-state index contributed by atoms with van der Waals surface area (Å²) >= 11 is 0. The van der Waals surface area contributed by atoms with Crippen molar-refractivity contribution in [1.82, 2.24) is 24.2 Å². The van der Waals surface area contributed by atoms with Crippen LogP contribution >= 0.6 is 0 Å². The number of amides is 2. The zero-order valence-electron chi connectivity index (χ0n) is 17.6.